The molecule has 0 aliphatic heterocycles. The molecule has 3 nitrogen and oxygen atoms in total. The van der Waals surface area contributed by atoms with Crippen molar-refractivity contribution >= 4 is 21.8 Å². The Bertz CT molecular complexity index is 370. The maximum Gasteiger partial charge on any atom is 0.260 e. The molecule has 0 saturated carbocycles. The van der Waals surface area contributed by atoms with Crippen molar-refractivity contribution in [1.29, 1.82) is 0 Å². The van der Waals surface area contributed by atoms with E-state index in [9.17, 15) is 9.18 Å². The first kappa shape index (κ1) is 12.0. The van der Waals surface area contributed by atoms with E-state index in [0.29, 0.717) is 10.2 Å². The zero-order chi connectivity index (χ0) is 11.4. The van der Waals surface area contributed by atoms with Crippen molar-refractivity contribution in [2.45, 2.75) is 13.0 Å². The van der Waals surface area contributed by atoms with Crippen molar-refractivity contribution in [2.24, 2.45) is 0 Å². The summed E-state index contributed by atoms with van der Waals surface area (Å²) in [7, 11) is 1.53. The minimum absolute atomic E-state index is 0.230. The van der Waals surface area contributed by atoms with Crippen molar-refractivity contribution in [3.8, 4) is 5.75 Å². The maximum absolute atomic E-state index is 12.7. The second kappa shape index (κ2) is 5.11. The van der Waals surface area contributed by atoms with Gasteiger partial charge in [0.25, 0.3) is 5.91 Å². The Morgan fingerprint density at radius 2 is 2.27 bits per heavy atom. The molecule has 0 spiro atoms. The van der Waals surface area contributed by atoms with Crippen LogP contribution in [0, 0.1) is 5.82 Å². The standard InChI is InChI=1S/C10H11BrFNO2/c1-6(10(14)13-2)15-9-4-3-7(12)5-8(9)11/h3-6H,1-2H3,(H,13,14). The summed E-state index contributed by atoms with van der Waals surface area (Å²) >= 11 is 3.15. The van der Waals surface area contributed by atoms with Gasteiger partial charge in [0.2, 0.25) is 0 Å². The molecule has 0 radical (unpaired) electrons. The zero-order valence-corrected chi connectivity index (χ0v) is 9.97. The fraction of sp³-hybridized carbons (Fsp3) is 0.300. The summed E-state index contributed by atoms with van der Waals surface area (Å²) in [6.07, 6.45) is -0.614. The summed E-state index contributed by atoms with van der Waals surface area (Å²) in [5, 5.41) is 2.46. The lowest BCUT2D eigenvalue weighted by molar-refractivity contribution is -0.126. The molecule has 1 unspecified atom stereocenters. The van der Waals surface area contributed by atoms with Crippen LogP contribution < -0.4 is 10.1 Å². The summed E-state index contributed by atoms with van der Waals surface area (Å²) in [5.74, 6) is -0.152. The average Bonchev–Trinajstić information content (AvgIpc) is 2.20. The Hall–Kier alpha value is -1.10. The lowest BCUT2D eigenvalue weighted by Gasteiger charge is -2.14. The van der Waals surface area contributed by atoms with Gasteiger partial charge in [0.15, 0.2) is 6.10 Å². The molecular formula is C10H11BrFNO2. The predicted octanol–water partition coefficient (Wildman–Crippen LogP) is 2.10. The molecule has 1 amide bonds. The monoisotopic (exact) mass is 275 g/mol. The van der Waals surface area contributed by atoms with E-state index in [-0.39, 0.29) is 11.7 Å². The minimum Gasteiger partial charge on any atom is -0.480 e. The molecule has 0 fully saturated rings. The lowest BCUT2D eigenvalue weighted by atomic mass is 10.3. The normalized spacial score (nSPS) is 12.0. The largest absolute Gasteiger partial charge is 0.480 e. The predicted molar refractivity (Wildman–Crippen MR) is 58.3 cm³/mol. The number of benzene rings is 1. The number of ether oxygens (including phenoxy) is 1. The van der Waals surface area contributed by atoms with Crippen LogP contribution in [0.25, 0.3) is 0 Å². The van der Waals surface area contributed by atoms with Gasteiger partial charge in [0.1, 0.15) is 11.6 Å². The molecule has 0 heterocycles. The van der Waals surface area contributed by atoms with Gasteiger partial charge < -0.3 is 10.1 Å². The molecule has 0 aromatic heterocycles. The van der Waals surface area contributed by atoms with Gasteiger partial charge in [0, 0.05) is 7.05 Å². The van der Waals surface area contributed by atoms with Gasteiger partial charge >= 0.3 is 0 Å². The summed E-state index contributed by atoms with van der Waals surface area (Å²) in [6, 6.07) is 4.03. The van der Waals surface area contributed by atoms with Crippen molar-refractivity contribution in [2.75, 3.05) is 7.05 Å². The van der Waals surface area contributed by atoms with Crippen LogP contribution in [0.5, 0.6) is 5.75 Å². The molecule has 0 aliphatic rings. The van der Waals surface area contributed by atoms with Gasteiger partial charge in [-0.05, 0) is 41.1 Å². The average molecular weight is 276 g/mol. The van der Waals surface area contributed by atoms with E-state index in [2.05, 4.69) is 21.2 Å². The summed E-state index contributed by atoms with van der Waals surface area (Å²) in [6.45, 7) is 1.62. The number of hydrogen-bond acceptors (Lipinski definition) is 2. The van der Waals surface area contributed by atoms with E-state index in [1.165, 1.54) is 25.2 Å². The van der Waals surface area contributed by atoms with Crippen LogP contribution in [0.3, 0.4) is 0 Å². The fourth-order valence-corrected chi connectivity index (χ4v) is 1.46. The number of amides is 1. The second-order valence-corrected chi connectivity index (χ2v) is 3.80. The third kappa shape index (κ3) is 3.20. The maximum atomic E-state index is 12.7. The van der Waals surface area contributed by atoms with Gasteiger partial charge in [0.05, 0.1) is 4.47 Å². The summed E-state index contributed by atoms with van der Waals surface area (Å²) in [4.78, 5) is 11.2. The van der Waals surface area contributed by atoms with Crippen LogP contribution in [0.4, 0.5) is 4.39 Å². The van der Waals surface area contributed by atoms with Crippen molar-refractivity contribution in [3.63, 3.8) is 0 Å². The molecule has 0 bridgehead atoms. The molecular weight excluding hydrogens is 265 g/mol. The van der Waals surface area contributed by atoms with Gasteiger partial charge in [-0.2, -0.15) is 0 Å². The number of carbonyl (C=O) groups excluding carboxylic acids is 1. The number of halogens is 2. The van der Waals surface area contributed by atoms with Crippen LogP contribution in [0.1, 0.15) is 6.92 Å². The molecule has 1 aromatic carbocycles. The Labute approximate surface area is 95.7 Å². The highest BCUT2D eigenvalue weighted by atomic mass is 79.9. The zero-order valence-electron chi connectivity index (χ0n) is 8.38. The molecule has 1 N–H and O–H groups in total. The highest BCUT2D eigenvalue weighted by Gasteiger charge is 2.14. The molecule has 0 aliphatic carbocycles. The van der Waals surface area contributed by atoms with E-state index in [0.717, 1.165) is 0 Å². The van der Waals surface area contributed by atoms with Crippen LogP contribution in [0.2, 0.25) is 0 Å². The SMILES string of the molecule is CNC(=O)C(C)Oc1ccc(F)cc1Br. The van der Waals surface area contributed by atoms with E-state index < -0.39 is 6.10 Å². The summed E-state index contributed by atoms with van der Waals surface area (Å²) in [5.41, 5.74) is 0. The van der Waals surface area contributed by atoms with Crippen molar-refractivity contribution in [3.05, 3.63) is 28.5 Å². The highest BCUT2D eigenvalue weighted by molar-refractivity contribution is 9.10. The van der Waals surface area contributed by atoms with Crippen LogP contribution in [0.15, 0.2) is 22.7 Å². The number of carbonyl (C=O) groups is 1. The molecule has 1 aromatic rings. The van der Waals surface area contributed by atoms with Crippen molar-refractivity contribution in [1.82, 2.24) is 5.32 Å². The van der Waals surface area contributed by atoms with E-state index in [1.54, 1.807) is 6.92 Å². The fourth-order valence-electron chi connectivity index (χ4n) is 1.02. The highest BCUT2D eigenvalue weighted by Crippen LogP contribution is 2.26. The smallest absolute Gasteiger partial charge is 0.260 e. The molecule has 15 heavy (non-hydrogen) atoms. The number of nitrogens with one attached hydrogen (secondary N) is 1. The van der Waals surface area contributed by atoms with Crippen molar-refractivity contribution < 1.29 is 13.9 Å². The molecule has 1 atom stereocenters. The van der Waals surface area contributed by atoms with Gasteiger partial charge in [-0.3, -0.25) is 4.79 Å². The Kier molecular flexibility index (Phi) is 4.08. The van der Waals surface area contributed by atoms with E-state index in [4.69, 9.17) is 4.74 Å². The first-order valence-electron chi connectivity index (χ1n) is 4.38. The number of hydrogen-bond donors (Lipinski definition) is 1. The van der Waals surface area contributed by atoms with Crippen LogP contribution in [-0.4, -0.2) is 19.1 Å². The number of rotatable bonds is 3. The third-order valence-electron chi connectivity index (χ3n) is 1.81. The first-order chi connectivity index (χ1) is 7.04. The lowest BCUT2D eigenvalue weighted by Crippen LogP contribution is -2.33. The molecule has 82 valence electrons. The Balaban J connectivity index is 2.76. The number of likely N-dealkylation sites (N-methyl/N-ethyl adjacent to an activating group) is 1. The van der Waals surface area contributed by atoms with Crippen LogP contribution in [-0.2, 0) is 4.79 Å². The molecule has 0 saturated heterocycles. The topological polar surface area (TPSA) is 38.3 Å². The molecule has 1 rings (SSSR count). The Morgan fingerprint density at radius 1 is 1.60 bits per heavy atom. The second-order valence-electron chi connectivity index (χ2n) is 2.95. The third-order valence-corrected chi connectivity index (χ3v) is 2.43. The van der Waals surface area contributed by atoms with E-state index in [1.807, 2.05) is 0 Å². The van der Waals surface area contributed by atoms with Gasteiger partial charge in [-0.1, -0.05) is 0 Å². The first-order valence-corrected chi connectivity index (χ1v) is 5.17. The quantitative estimate of drug-likeness (QED) is 0.918. The summed E-state index contributed by atoms with van der Waals surface area (Å²) < 4.78 is 18.6. The van der Waals surface area contributed by atoms with Gasteiger partial charge in [-0.25, -0.2) is 4.39 Å². The minimum atomic E-state index is -0.614. The molecule has 5 heteroatoms. The van der Waals surface area contributed by atoms with E-state index >= 15 is 0 Å². The van der Waals surface area contributed by atoms with Gasteiger partial charge in [-0.15, -0.1) is 0 Å². The van der Waals surface area contributed by atoms with Crippen LogP contribution >= 0.6 is 15.9 Å². The Morgan fingerprint density at radius 3 is 2.80 bits per heavy atom.